The Hall–Kier alpha value is -0.180. The zero-order valence-corrected chi connectivity index (χ0v) is 9.53. The summed E-state index contributed by atoms with van der Waals surface area (Å²) in [5.41, 5.74) is 0. The van der Waals surface area contributed by atoms with Gasteiger partial charge in [-0.15, -0.1) is 0 Å². The zero-order chi connectivity index (χ0) is 10.1. The molecule has 5 heteroatoms. The SMILES string of the molecule is Clc1cc(Cl)c(OC2CCC2)nc1Cl. The molecule has 0 spiro atoms. The van der Waals surface area contributed by atoms with Gasteiger partial charge in [0.2, 0.25) is 5.88 Å². The molecule has 0 aromatic carbocycles. The fourth-order valence-corrected chi connectivity index (χ4v) is 1.69. The molecule has 0 bridgehead atoms. The van der Waals surface area contributed by atoms with Crippen LogP contribution in [0.5, 0.6) is 5.88 Å². The molecule has 0 N–H and O–H groups in total. The van der Waals surface area contributed by atoms with Crippen molar-refractivity contribution >= 4 is 34.8 Å². The monoisotopic (exact) mass is 251 g/mol. The topological polar surface area (TPSA) is 22.1 Å². The Bertz CT molecular complexity index is 352. The van der Waals surface area contributed by atoms with Gasteiger partial charge in [0.1, 0.15) is 11.1 Å². The lowest BCUT2D eigenvalue weighted by Gasteiger charge is -2.26. The number of ether oxygens (including phenoxy) is 1. The van der Waals surface area contributed by atoms with Gasteiger partial charge in [0, 0.05) is 0 Å². The van der Waals surface area contributed by atoms with Crippen molar-refractivity contribution in [3.05, 3.63) is 21.3 Å². The first kappa shape index (κ1) is 10.3. The number of hydrogen-bond donors (Lipinski definition) is 0. The van der Waals surface area contributed by atoms with Crippen LogP contribution >= 0.6 is 34.8 Å². The van der Waals surface area contributed by atoms with Crippen LogP contribution in [0.2, 0.25) is 15.2 Å². The lowest BCUT2D eigenvalue weighted by molar-refractivity contribution is 0.115. The van der Waals surface area contributed by atoms with Crippen molar-refractivity contribution < 1.29 is 4.74 Å². The van der Waals surface area contributed by atoms with Crippen LogP contribution in [-0.2, 0) is 0 Å². The lowest BCUT2D eigenvalue weighted by atomic mass is 9.96. The van der Waals surface area contributed by atoms with Crippen LogP contribution in [0.3, 0.4) is 0 Å². The second-order valence-electron chi connectivity index (χ2n) is 3.22. The molecular formula is C9H8Cl3NO. The first-order valence-corrected chi connectivity index (χ1v) is 5.48. The predicted octanol–water partition coefficient (Wildman–Crippen LogP) is 3.97. The quantitative estimate of drug-likeness (QED) is 0.743. The molecule has 2 rings (SSSR count). The van der Waals surface area contributed by atoms with E-state index in [-0.39, 0.29) is 11.3 Å². The van der Waals surface area contributed by atoms with Crippen molar-refractivity contribution in [3.8, 4) is 5.88 Å². The van der Waals surface area contributed by atoms with Crippen LogP contribution < -0.4 is 4.74 Å². The van der Waals surface area contributed by atoms with Gasteiger partial charge in [0.15, 0.2) is 5.15 Å². The van der Waals surface area contributed by atoms with Crippen LogP contribution in [0, 0.1) is 0 Å². The summed E-state index contributed by atoms with van der Waals surface area (Å²) in [4.78, 5) is 3.97. The van der Waals surface area contributed by atoms with Gasteiger partial charge >= 0.3 is 0 Å². The molecule has 0 unspecified atom stereocenters. The average Bonchev–Trinajstić information content (AvgIpc) is 2.06. The normalized spacial score (nSPS) is 16.5. The molecule has 2 nitrogen and oxygen atoms in total. The molecule has 0 radical (unpaired) electrons. The molecule has 1 aromatic heterocycles. The molecule has 1 saturated carbocycles. The summed E-state index contributed by atoms with van der Waals surface area (Å²) >= 11 is 17.4. The zero-order valence-electron chi connectivity index (χ0n) is 7.27. The van der Waals surface area contributed by atoms with E-state index in [1.54, 1.807) is 6.07 Å². The number of nitrogens with zero attached hydrogens (tertiary/aromatic N) is 1. The number of aromatic nitrogens is 1. The highest BCUT2D eigenvalue weighted by Crippen LogP contribution is 2.33. The molecule has 14 heavy (non-hydrogen) atoms. The number of halogens is 3. The van der Waals surface area contributed by atoms with E-state index in [1.165, 1.54) is 6.42 Å². The third-order valence-corrected chi connectivity index (χ3v) is 3.13. The summed E-state index contributed by atoms with van der Waals surface area (Å²) in [5, 5.41) is 0.981. The van der Waals surface area contributed by atoms with Crippen molar-refractivity contribution in [3.63, 3.8) is 0 Å². The van der Waals surface area contributed by atoms with Gasteiger partial charge in [-0.1, -0.05) is 34.8 Å². The first-order chi connectivity index (χ1) is 6.66. The van der Waals surface area contributed by atoms with E-state index in [2.05, 4.69) is 4.98 Å². The van der Waals surface area contributed by atoms with E-state index >= 15 is 0 Å². The van der Waals surface area contributed by atoms with Crippen molar-refractivity contribution in [2.75, 3.05) is 0 Å². The maximum Gasteiger partial charge on any atom is 0.234 e. The van der Waals surface area contributed by atoms with Gasteiger partial charge in [-0.05, 0) is 25.3 Å². The highest BCUT2D eigenvalue weighted by atomic mass is 35.5. The highest BCUT2D eigenvalue weighted by molar-refractivity contribution is 6.42. The summed E-state index contributed by atoms with van der Waals surface area (Å²) in [6.07, 6.45) is 3.54. The molecule has 0 amide bonds. The van der Waals surface area contributed by atoms with E-state index in [9.17, 15) is 0 Å². The lowest BCUT2D eigenvalue weighted by Crippen LogP contribution is -2.25. The van der Waals surface area contributed by atoms with Gasteiger partial charge in [-0.25, -0.2) is 0 Å². The Balaban J connectivity index is 2.19. The van der Waals surface area contributed by atoms with Crippen molar-refractivity contribution in [2.24, 2.45) is 0 Å². The maximum absolute atomic E-state index is 5.90. The van der Waals surface area contributed by atoms with E-state index in [4.69, 9.17) is 39.5 Å². The third-order valence-electron chi connectivity index (χ3n) is 2.19. The molecule has 76 valence electrons. The van der Waals surface area contributed by atoms with Crippen molar-refractivity contribution in [1.29, 1.82) is 0 Å². The van der Waals surface area contributed by atoms with Crippen molar-refractivity contribution in [2.45, 2.75) is 25.4 Å². The van der Waals surface area contributed by atoms with Crippen molar-refractivity contribution in [1.82, 2.24) is 4.98 Å². The summed E-state index contributed by atoms with van der Waals surface area (Å²) in [6, 6.07) is 1.55. The van der Waals surface area contributed by atoms with E-state index in [1.807, 2.05) is 0 Å². The smallest absolute Gasteiger partial charge is 0.234 e. The second-order valence-corrected chi connectivity index (χ2v) is 4.39. The minimum absolute atomic E-state index is 0.227. The van der Waals surface area contributed by atoms with Gasteiger partial charge in [0.05, 0.1) is 5.02 Å². The van der Waals surface area contributed by atoms with E-state index in [0.717, 1.165) is 12.8 Å². The Morgan fingerprint density at radius 3 is 2.50 bits per heavy atom. The summed E-state index contributed by atoms with van der Waals surface area (Å²) in [6.45, 7) is 0. The standard InChI is InChI=1S/C9H8Cl3NO/c10-6-4-7(11)9(13-8(6)12)14-5-2-1-3-5/h4-5H,1-3H2. The van der Waals surface area contributed by atoms with Crippen LogP contribution in [0.1, 0.15) is 19.3 Å². The molecule has 1 aliphatic rings. The molecule has 1 heterocycles. The second kappa shape index (κ2) is 4.13. The Morgan fingerprint density at radius 2 is 1.93 bits per heavy atom. The number of pyridine rings is 1. The largest absolute Gasteiger partial charge is 0.473 e. The average molecular weight is 253 g/mol. The predicted molar refractivity (Wildman–Crippen MR) is 57.5 cm³/mol. The minimum Gasteiger partial charge on any atom is -0.473 e. The van der Waals surface area contributed by atoms with Gasteiger partial charge in [0.25, 0.3) is 0 Å². The highest BCUT2D eigenvalue weighted by Gasteiger charge is 2.21. The van der Waals surface area contributed by atoms with Crippen LogP contribution in [0.25, 0.3) is 0 Å². The molecule has 1 fully saturated rings. The van der Waals surface area contributed by atoms with Gasteiger partial charge in [-0.3, -0.25) is 0 Å². The third kappa shape index (κ3) is 2.08. The van der Waals surface area contributed by atoms with E-state index < -0.39 is 0 Å². The van der Waals surface area contributed by atoms with Gasteiger partial charge < -0.3 is 4.74 Å². The van der Waals surface area contributed by atoms with Crippen LogP contribution in [0.15, 0.2) is 6.07 Å². The molecule has 0 atom stereocenters. The summed E-state index contributed by atoms with van der Waals surface area (Å²) in [5.74, 6) is 0.380. The molecular weight excluding hydrogens is 244 g/mol. The van der Waals surface area contributed by atoms with E-state index in [0.29, 0.717) is 15.9 Å². The summed E-state index contributed by atoms with van der Waals surface area (Å²) < 4.78 is 5.53. The molecule has 1 aromatic rings. The fourth-order valence-electron chi connectivity index (χ4n) is 1.16. The Morgan fingerprint density at radius 1 is 1.21 bits per heavy atom. The molecule has 0 aliphatic heterocycles. The van der Waals surface area contributed by atoms with Crippen LogP contribution in [-0.4, -0.2) is 11.1 Å². The fraction of sp³-hybridized carbons (Fsp3) is 0.444. The van der Waals surface area contributed by atoms with Gasteiger partial charge in [-0.2, -0.15) is 4.98 Å². The summed E-state index contributed by atoms with van der Waals surface area (Å²) in [7, 11) is 0. The Labute approximate surface area is 97.1 Å². The maximum atomic E-state index is 5.90. The number of rotatable bonds is 2. The Kier molecular flexibility index (Phi) is 3.05. The van der Waals surface area contributed by atoms with Crippen LogP contribution in [0.4, 0.5) is 0 Å². The molecule has 1 aliphatic carbocycles. The minimum atomic E-state index is 0.227. The molecule has 0 saturated heterocycles. The first-order valence-electron chi connectivity index (χ1n) is 4.35. The number of hydrogen-bond acceptors (Lipinski definition) is 2.